The largest absolute Gasteiger partial charge is 0.365 e. The van der Waals surface area contributed by atoms with Gasteiger partial charge in [0.25, 0.3) is 18.2 Å². The van der Waals surface area contributed by atoms with Crippen LogP contribution in [-0.2, 0) is 10.8 Å². The molecule has 2 aliphatic heterocycles. The van der Waals surface area contributed by atoms with Crippen molar-refractivity contribution in [2.45, 2.75) is 77.4 Å². The van der Waals surface area contributed by atoms with E-state index < -0.39 is 23.1 Å². The number of aromatic nitrogens is 2. The maximum Gasteiger partial charge on any atom is 0.280 e. The predicted molar refractivity (Wildman–Crippen MR) is 142 cm³/mol. The molecule has 202 valence electrons. The van der Waals surface area contributed by atoms with Crippen LogP contribution in [-0.4, -0.2) is 66.6 Å². The lowest BCUT2D eigenvalue weighted by atomic mass is 10.1. The van der Waals surface area contributed by atoms with Gasteiger partial charge in [0, 0.05) is 63.8 Å². The summed E-state index contributed by atoms with van der Waals surface area (Å²) in [6.07, 6.45) is 1.38. The number of halogens is 2. The van der Waals surface area contributed by atoms with Crippen LogP contribution in [0.3, 0.4) is 0 Å². The maximum atomic E-state index is 14.3. The number of pyridine rings is 1. The molecule has 2 N–H and O–H groups in total. The highest BCUT2D eigenvalue weighted by atomic mass is 32.2. The van der Waals surface area contributed by atoms with Crippen LogP contribution in [0.4, 0.5) is 14.6 Å². The molecule has 2 aliphatic rings. The molecule has 2 fully saturated rings. The second kappa shape index (κ2) is 11.1. The van der Waals surface area contributed by atoms with Crippen molar-refractivity contribution in [2.24, 2.45) is 0 Å². The highest BCUT2D eigenvalue weighted by molar-refractivity contribution is 7.85. The zero-order chi connectivity index (χ0) is 26.9. The number of hydrogen-bond donors (Lipinski definition) is 2. The van der Waals surface area contributed by atoms with Crippen molar-refractivity contribution in [3.63, 3.8) is 0 Å². The first-order valence-electron chi connectivity index (χ1n) is 12.5. The standard InChI is InChI=1S/C25H33F2N5O3S2/c1-14-6-5-9-32(14)24(34)19-20(17-13-28-18(31-25(2,3)4)12-16(17)21(26)27)36-23(30-19)22(33)29-15-7-10-37(35)11-8-15/h12-15,21H,5-11H2,1-4H3,(H,28,31)(H,29,33). The molecule has 1 atom stereocenters. The molecule has 37 heavy (non-hydrogen) atoms. The lowest BCUT2D eigenvalue weighted by Crippen LogP contribution is -2.39. The highest BCUT2D eigenvalue weighted by Gasteiger charge is 2.33. The number of thiazole rings is 1. The lowest BCUT2D eigenvalue weighted by molar-refractivity contribution is 0.0743. The summed E-state index contributed by atoms with van der Waals surface area (Å²) in [7, 11) is -0.869. The number of alkyl halides is 2. The highest BCUT2D eigenvalue weighted by Crippen LogP contribution is 2.39. The molecule has 2 amide bonds. The molecule has 2 saturated heterocycles. The minimum Gasteiger partial charge on any atom is -0.365 e. The Balaban J connectivity index is 1.73. The van der Waals surface area contributed by atoms with E-state index in [0.717, 1.165) is 24.2 Å². The number of carbonyl (C=O) groups excluding carboxylic acids is 2. The van der Waals surface area contributed by atoms with E-state index in [2.05, 4.69) is 20.6 Å². The Morgan fingerprint density at radius 3 is 2.51 bits per heavy atom. The van der Waals surface area contributed by atoms with Crippen molar-refractivity contribution in [2.75, 3.05) is 23.4 Å². The fourth-order valence-corrected chi connectivity index (χ4v) is 6.89. The van der Waals surface area contributed by atoms with Crippen molar-refractivity contribution in [3.8, 4) is 10.4 Å². The monoisotopic (exact) mass is 553 g/mol. The molecule has 0 spiro atoms. The van der Waals surface area contributed by atoms with E-state index in [9.17, 15) is 22.6 Å². The van der Waals surface area contributed by atoms with E-state index >= 15 is 0 Å². The molecule has 2 aromatic heterocycles. The zero-order valence-corrected chi connectivity index (χ0v) is 23.1. The Morgan fingerprint density at radius 2 is 1.92 bits per heavy atom. The van der Waals surface area contributed by atoms with E-state index in [1.165, 1.54) is 12.3 Å². The van der Waals surface area contributed by atoms with Gasteiger partial charge in [0.05, 0.1) is 4.88 Å². The minimum absolute atomic E-state index is 0.00567. The molecule has 12 heteroatoms. The SMILES string of the molecule is CC1CCCN1C(=O)c1nc(C(=O)NC2CCS(=O)CC2)sc1-c1cnc(NC(C)(C)C)cc1C(F)F. The molecule has 0 saturated carbocycles. The number of rotatable bonds is 6. The Bertz CT molecular complexity index is 1190. The quantitative estimate of drug-likeness (QED) is 0.541. The summed E-state index contributed by atoms with van der Waals surface area (Å²) in [5.41, 5.74) is -0.582. The van der Waals surface area contributed by atoms with Crippen LogP contribution in [0.5, 0.6) is 0 Å². The lowest BCUT2D eigenvalue weighted by Gasteiger charge is -2.23. The summed E-state index contributed by atoms with van der Waals surface area (Å²) >= 11 is 0.924. The van der Waals surface area contributed by atoms with Crippen molar-refractivity contribution in [3.05, 3.63) is 28.5 Å². The third-order valence-corrected chi connectivity index (χ3v) is 8.95. The number of likely N-dealkylation sites (tertiary alicyclic amines) is 1. The average molecular weight is 554 g/mol. The van der Waals surface area contributed by atoms with Crippen molar-refractivity contribution in [1.29, 1.82) is 0 Å². The summed E-state index contributed by atoms with van der Waals surface area (Å²) in [5, 5.41) is 6.05. The number of amides is 2. The summed E-state index contributed by atoms with van der Waals surface area (Å²) in [4.78, 5) is 37.2. The van der Waals surface area contributed by atoms with Gasteiger partial charge in [-0.05, 0) is 59.4 Å². The second-order valence-corrected chi connectivity index (χ2v) is 13.3. The summed E-state index contributed by atoms with van der Waals surface area (Å²) < 4.78 is 40.2. The van der Waals surface area contributed by atoms with Crippen LogP contribution in [0.25, 0.3) is 10.4 Å². The van der Waals surface area contributed by atoms with Crippen LogP contribution < -0.4 is 10.6 Å². The average Bonchev–Trinajstić information content (AvgIpc) is 3.46. The number of carbonyl (C=O) groups is 2. The predicted octanol–water partition coefficient (Wildman–Crippen LogP) is 4.62. The number of nitrogens with one attached hydrogen (secondary N) is 2. The molecule has 1 unspecified atom stereocenters. The van der Waals surface area contributed by atoms with Crippen molar-refractivity contribution >= 4 is 39.8 Å². The van der Waals surface area contributed by atoms with Gasteiger partial charge >= 0.3 is 0 Å². The molecule has 4 heterocycles. The third-order valence-electron chi connectivity index (χ3n) is 6.48. The first-order valence-corrected chi connectivity index (χ1v) is 14.8. The number of nitrogens with zero attached hydrogens (tertiary/aromatic N) is 3. The van der Waals surface area contributed by atoms with Crippen LogP contribution in [0.15, 0.2) is 12.3 Å². The first kappa shape index (κ1) is 27.6. The van der Waals surface area contributed by atoms with E-state index in [-0.39, 0.29) is 50.2 Å². The minimum atomic E-state index is -2.82. The molecule has 0 bridgehead atoms. The molecule has 0 aliphatic carbocycles. The summed E-state index contributed by atoms with van der Waals surface area (Å²) in [6.45, 7) is 8.19. The maximum absolute atomic E-state index is 14.3. The topological polar surface area (TPSA) is 104 Å². The Kier molecular flexibility index (Phi) is 8.27. The number of anilines is 1. The molecule has 2 aromatic rings. The summed E-state index contributed by atoms with van der Waals surface area (Å²) in [5.74, 6) is 0.492. The van der Waals surface area contributed by atoms with Gasteiger partial charge in [-0.2, -0.15) is 0 Å². The smallest absolute Gasteiger partial charge is 0.280 e. The van der Waals surface area contributed by atoms with E-state index in [1.807, 2.05) is 27.7 Å². The first-order chi connectivity index (χ1) is 17.4. The van der Waals surface area contributed by atoms with E-state index in [1.54, 1.807) is 4.90 Å². The van der Waals surface area contributed by atoms with Crippen molar-refractivity contribution < 1.29 is 22.6 Å². The molecule has 0 radical (unpaired) electrons. The van der Waals surface area contributed by atoms with Crippen LogP contribution >= 0.6 is 11.3 Å². The van der Waals surface area contributed by atoms with Gasteiger partial charge in [-0.1, -0.05) is 0 Å². The molecule has 8 nitrogen and oxygen atoms in total. The third kappa shape index (κ3) is 6.51. The van der Waals surface area contributed by atoms with Gasteiger partial charge in [0.2, 0.25) is 0 Å². The zero-order valence-electron chi connectivity index (χ0n) is 21.5. The van der Waals surface area contributed by atoms with Gasteiger partial charge in [-0.25, -0.2) is 18.7 Å². The molecule has 4 rings (SSSR count). The van der Waals surface area contributed by atoms with Gasteiger partial charge in [0.15, 0.2) is 5.01 Å². The van der Waals surface area contributed by atoms with Crippen LogP contribution in [0.1, 0.15) is 85.7 Å². The fraction of sp³-hybridized carbons (Fsp3) is 0.600. The van der Waals surface area contributed by atoms with Gasteiger partial charge in [-0.15, -0.1) is 11.3 Å². The normalized spacial score (nSPS) is 22.4. The Morgan fingerprint density at radius 1 is 1.22 bits per heavy atom. The van der Waals surface area contributed by atoms with Gasteiger partial charge in [0.1, 0.15) is 11.5 Å². The summed E-state index contributed by atoms with van der Waals surface area (Å²) in [6, 6.07) is 1.14. The van der Waals surface area contributed by atoms with Gasteiger partial charge in [-0.3, -0.25) is 13.8 Å². The Labute approximate surface area is 222 Å². The van der Waals surface area contributed by atoms with Crippen LogP contribution in [0, 0.1) is 0 Å². The number of hydrogen-bond acceptors (Lipinski definition) is 7. The van der Waals surface area contributed by atoms with E-state index in [4.69, 9.17) is 0 Å². The Hall–Kier alpha value is -2.47. The second-order valence-electron chi connectivity index (χ2n) is 10.6. The van der Waals surface area contributed by atoms with E-state index in [0.29, 0.717) is 36.7 Å². The van der Waals surface area contributed by atoms with Crippen molar-refractivity contribution in [1.82, 2.24) is 20.2 Å². The molecule has 0 aromatic carbocycles. The van der Waals surface area contributed by atoms with Gasteiger partial charge < -0.3 is 15.5 Å². The van der Waals surface area contributed by atoms with Crippen LogP contribution in [0.2, 0.25) is 0 Å². The molecular formula is C25H33F2N5O3S2. The molecular weight excluding hydrogens is 520 g/mol. The fourth-order valence-electron chi connectivity index (χ4n) is 4.59.